The summed E-state index contributed by atoms with van der Waals surface area (Å²) in [5, 5.41) is -1.26. The van der Waals surface area contributed by atoms with E-state index in [1.54, 1.807) is 0 Å². The van der Waals surface area contributed by atoms with Gasteiger partial charge in [0.2, 0.25) is 5.92 Å². The van der Waals surface area contributed by atoms with E-state index in [-0.39, 0.29) is 19.3 Å². The first-order valence-electron chi connectivity index (χ1n) is 6.46. The summed E-state index contributed by atoms with van der Waals surface area (Å²) in [4.78, 5) is 35.7. The molecule has 0 saturated carbocycles. The summed E-state index contributed by atoms with van der Waals surface area (Å²) in [6, 6.07) is 0.213. The highest BCUT2D eigenvalue weighted by atomic mass is 35.5. The zero-order chi connectivity index (χ0) is 17.7. The monoisotopic (exact) mass is 352 g/mol. The number of carbonyl (C=O) groups excluding carboxylic acids is 3. The molecular formula is C14H12ClF3O5. The second kappa shape index (κ2) is 7.96. The molecule has 9 heteroatoms. The molecule has 0 aliphatic rings. The van der Waals surface area contributed by atoms with Crippen LogP contribution in [-0.2, 0) is 19.1 Å². The molecule has 126 valence electrons. The topological polar surface area (TPSA) is 69.7 Å². The van der Waals surface area contributed by atoms with Crippen molar-refractivity contribution < 1.29 is 37.0 Å². The number of hydrogen-bond acceptors (Lipinski definition) is 5. The van der Waals surface area contributed by atoms with Crippen molar-refractivity contribution in [1.82, 2.24) is 0 Å². The normalized spacial score (nSPS) is 10.6. The molecule has 0 heterocycles. The molecule has 1 aromatic carbocycles. The van der Waals surface area contributed by atoms with Crippen LogP contribution < -0.4 is 0 Å². The summed E-state index contributed by atoms with van der Waals surface area (Å²) in [5.41, 5.74) is -1.06. The Hall–Kier alpha value is -2.09. The molecule has 0 radical (unpaired) electrons. The summed E-state index contributed by atoms with van der Waals surface area (Å²) in [7, 11) is 0. The van der Waals surface area contributed by atoms with E-state index in [1.165, 1.54) is 13.8 Å². The Labute approximate surface area is 134 Å². The zero-order valence-corrected chi connectivity index (χ0v) is 12.9. The highest BCUT2D eigenvalue weighted by Crippen LogP contribution is 2.27. The van der Waals surface area contributed by atoms with Crippen LogP contribution in [0, 0.1) is 23.4 Å². The molecule has 0 aromatic heterocycles. The predicted octanol–water partition coefficient (Wildman–Crippen LogP) is 2.68. The third kappa shape index (κ3) is 4.01. The quantitative estimate of drug-likeness (QED) is 0.259. The second-order valence-electron chi connectivity index (χ2n) is 4.15. The number of Topliss-reactive ketones (excluding diaryl/α,β-unsaturated/α-hetero) is 1. The van der Waals surface area contributed by atoms with E-state index >= 15 is 0 Å². The van der Waals surface area contributed by atoms with Gasteiger partial charge in [-0.2, -0.15) is 0 Å². The van der Waals surface area contributed by atoms with Crippen LogP contribution in [0.2, 0.25) is 5.02 Å². The minimum Gasteiger partial charge on any atom is -0.465 e. The SMILES string of the molecule is CCOC(=O)C(C(=O)OCC)C(=O)c1cc(F)c(F)c(Cl)c1F. The Morgan fingerprint density at radius 3 is 1.96 bits per heavy atom. The third-order valence-electron chi connectivity index (χ3n) is 2.67. The van der Waals surface area contributed by atoms with E-state index < -0.39 is 51.7 Å². The first-order chi connectivity index (χ1) is 10.8. The number of benzene rings is 1. The number of esters is 2. The van der Waals surface area contributed by atoms with Gasteiger partial charge in [0.05, 0.1) is 18.8 Å². The lowest BCUT2D eigenvalue weighted by Gasteiger charge is -2.14. The van der Waals surface area contributed by atoms with Gasteiger partial charge in [-0.25, -0.2) is 13.2 Å². The Kier molecular flexibility index (Phi) is 6.56. The first kappa shape index (κ1) is 19.0. The molecule has 23 heavy (non-hydrogen) atoms. The fourth-order valence-corrected chi connectivity index (χ4v) is 1.86. The van der Waals surface area contributed by atoms with Crippen molar-refractivity contribution in [2.75, 3.05) is 13.2 Å². The molecule has 5 nitrogen and oxygen atoms in total. The van der Waals surface area contributed by atoms with Gasteiger partial charge >= 0.3 is 11.9 Å². The molecule has 0 amide bonds. The van der Waals surface area contributed by atoms with Crippen LogP contribution >= 0.6 is 11.6 Å². The van der Waals surface area contributed by atoms with Crippen LogP contribution in [0.15, 0.2) is 6.07 Å². The van der Waals surface area contributed by atoms with Crippen molar-refractivity contribution in [3.63, 3.8) is 0 Å². The fraction of sp³-hybridized carbons (Fsp3) is 0.357. The predicted molar refractivity (Wildman–Crippen MR) is 72.4 cm³/mol. The summed E-state index contributed by atoms with van der Waals surface area (Å²) in [5.74, 6) is -11.1. The van der Waals surface area contributed by atoms with E-state index in [9.17, 15) is 27.6 Å². The smallest absolute Gasteiger partial charge is 0.328 e. The molecule has 0 aliphatic heterocycles. The molecule has 0 bridgehead atoms. The largest absolute Gasteiger partial charge is 0.465 e. The lowest BCUT2D eigenvalue weighted by molar-refractivity contribution is -0.158. The number of hydrogen-bond donors (Lipinski definition) is 0. The molecule has 1 aromatic rings. The van der Waals surface area contributed by atoms with Gasteiger partial charge in [0.25, 0.3) is 0 Å². The van der Waals surface area contributed by atoms with Crippen molar-refractivity contribution in [1.29, 1.82) is 0 Å². The number of ether oxygens (including phenoxy) is 2. The Morgan fingerprint density at radius 2 is 1.52 bits per heavy atom. The van der Waals surface area contributed by atoms with Gasteiger partial charge in [-0.15, -0.1) is 0 Å². The van der Waals surface area contributed by atoms with Gasteiger partial charge in [-0.05, 0) is 19.9 Å². The molecular weight excluding hydrogens is 341 g/mol. The minimum atomic E-state index is -2.16. The van der Waals surface area contributed by atoms with Gasteiger partial charge in [0.15, 0.2) is 23.2 Å². The van der Waals surface area contributed by atoms with Crippen molar-refractivity contribution in [2.45, 2.75) is 13.8 Å². The van der Waals surface area contributed by atoms with E-state index in [2.05, 4.69) is 9.47 Å². The van der Waals surface area contributed by atoms with Crippen LogP contribution in [0.1, 0.15) is 24.2 Å². The first-order valence-corrected chi connectivity index (χ1v) is 6.84. The lowest BCUT2D eigenvalue weighted by Crippen LogP contribution is -2.35. The van der Waals surface area contributed by atoms with E-state index in [1.807, 2.05) is 0 Å². The Bertz CT molecular complexity index is 630. The van der Waals surface area contributed by atoms with Crippen molar-refractivity contribution in [3.8, 4) is 0 Å². The molecule has 0 spiro atoms. The maximum absolute atomic E-state index is 13.9. The average molecular weight is 353 g/mol. The third-order valence-corrected chi connectivity index (χ3v) is 3.01. The van der Waals surface area contributed by atoms with Crippen LogP contribution in [0.5, 0.6) is 0 Å². The molecule has 0 saturated heterocycles. The van der Waals surface area contributed by atoms with E-state index in [0.717, 1.165) is 0 Å². The van der Waals surface area contributed by atoms with Gasteiger partial charge in [0, 0.05) is 0 Å². The van der Waals surface area contributed by atoms with Crippen molar-refractivity contribution in [2.24, 2.45) is 5.92 Å². The number of halogens is 4. The minimum absolute atomic E-state index is 0.164. The lowest BCUT2D eigenvalue weighted by atomic mass is 9.97. The molecule has 0 unspecified atom stereocenters. The maximum atomic E-state index is 13.9. The van der Waals surface area contributed by atoms with Gasteiger partial charge in [0.1, 0.15) is 5.02 Å². The highest BCUT2D eigenvalue weighted by Gasteiger charge is 2.39. The van der Waals surface area contributed by atoms with Crippen LogP contribution in [-0.4, -0.2) is 30.9 Å². The van der Waals surface area contributed by atoms with Gasteiger partial charge < -0.3 is 9.47 Å². The molecule has 0 atom stereocenters. The highest BCUT2D eigenvalue weighted by molar-refractivity contribution is 6.31. The van der Waals surface area contributed by atoms with Gasteiger partial charge in [-0.1, -0.05) is 11.6 Å². The fourth-order valence-electron chi connectivity index (χ4n) is 1.67. The molecule has 0 fully saturated rings. The Morgan fingerprint density at radius 1 is 1.04 bits per heavy atom. The molecule has 0 N–H and O–H groups in total. The average Bonchev–Trinajstić information content (AvgIpc) is 2.49. The van der Waals surface area contributed by atoms with Crippen molar-refractivity contribution >= 4 is 29.3 Å². The van der Waals surface area contributed by atoms with Gasteiger partial charge in [-0.3, -0.25) is 14.4 Å². The number of ketones is 1. The summed E-state index contributed by atoms with van der Waals surface area (Å²) in [6.07, 6.45) is 0. The second-order valence-corrected chi connectivity index (χ2v) is 4.53. The van der Waals surface area contributed by atoms with Crippen molar-refractivity contribution in [3.05, 3.63) is 34.1 Å². The van der Waals surface area contributed by atoms with Crippen LogP contribution in [0.25, 0.3) is 0 Å². The van der Waals surface area contributed by atoms with E-state index in [4.69, 9.17) is 11.6 Å². The van der Waals surface area contributed by atoms with E-state index in [0.29, 0.717) is 0 Å². The van der Waals surface area contributed by atoms with Crippen LogP contribution in [0.3, 0.4) is 0 Å². The Balaban J connectivity index is 3.35. The maximum Gasteiger partial charge on any atom is 0.328 e. The number of rotatable bonds is 6. The molecule has 1 rings (SSSR count). The summed E-state index contributed by atoms with van der Waals surface area (Å²) in [6.45, 7) is 2.51. The zero-order valence-electron chi connectivity index (χ0n) is 12.1. The van der Waals surface area contributed by atoms with Crippen LogP contribution in [0.4, 0.5) is 13.2 Å². The number of carbonyl (C=O) groups is 3. The summed E-state index contributed by atoms with van der Waals surface area (Å²) < 4.78 is 49.5. The standard InChI is InChI=1S/C14H12ClF3O5/c1-3-22-13(20)8(14(21)23-4-2)12(19)6-5-7(16)11(18)9(15)10(6)17/h5,8H,3-4H2,1-2H3. The summed E-state index contributed by atoms with van der Waals surface area (Å²) >= 11 is 5.24. The molecule has 0 aliphatic carbocycles.